The largest absolute Gasteiger partial charge is 0.358 e. The maximum Gasteiger partial charge on any atom is 0.258 e. The highest BCUT2D eigenvalue weighted by molar-refractivity contribution is 7.18. The third kappa shape index (κ3) is 2.47. The Morgan fingerprint density at radius 3 is 3.10 bits per heavy atom. The van der Waals surface area contributed by atoms with Crippen LogP contribution in [0.4, 0.5) is 5.13 Å². The molecule has 0 saturated carbocycles. The number of nitrogens with one attached hydrogen (secondary N) is 2. The van der Waals surface area contributed by atoms with Gasteiger partial charge >= 0.3 is 0 Å². The third-order valence-corrected chi connectivity index (χ3v) is 4.61. The first-order chi connectivity index (χ1) is 9.67. The van der Waals surface area contributed by atoms with E-state index < -0.39 is 0 Å². The van der Waals surface area contributed by atoms with E-state index in [4.69, 9.17) is 0 Å². The SMILES string of the molecule is CCC(C)Nc1nnc(-c2cc3c([nH]c2=O)CCC3)s1. The van der Waals surface area contributed by atoms with Gasteiger partial charge in [-0.3, -0.25) is 4.79 Å². The van der Waals surface area contributed by atoms with E-state index in [1.54, 1.807) is 0 Å². The first-order valence-corrected chi connectivity index (χ1v) is 7.84. The quantitative estimate of drug-likeness (QED) is 0.908. The van der Waals surface area contributed by atoms with Crippen LogP contribution in [0.3, 0.4) is 0 Å². The van der Waals surface area contributed by atoms with Gasteiger partial charge in [0.25, 0.3) is 5.56 Å². The van der Waals surface area contributed by atoms with Crippen molar-refractivity contribution in [3.05, 3.63) is 27.7 Å². The minimum atomic E-state index is -0.0584. The maximum atomic E-state index is 12.1. The number of hydrogen-bond acceptors (Lipinski definition) is 5. The zero-order valence-electron chi connectivity index (χ0n) is 11.7. The van der Waals surface area contributed by atoms with Gasteiger partial charge in [0.15, 0.2) is 5.01 Å². The van der Waals surface area contributed by atoms with Crippen LogP contribution < -0.4 is 10.9 Å². The molecule has 1 atom stereocenters. The van der Waals surface area contributed by atoms with Gasteiger partial charge in [-0.15, -0.1) is 10.2 Å². The van der Waals surface area contributed by atoms with Gasteiger partial charge in [-0.25, -0.2) is 0 Å². The van der Waals surface area contributed by atoms with Crippen LogP contribution in [0.1, 0.15) is 37.9 Å². The van der Waals surface area contributed by atoms with E-state index in [0.29, 0.717) is 16.6 Å². The number of aromatic nitrogens is 3. The fourth-order valence-electron chi connectivity index (χ4n) is 2.38. The van der Waals surface area contributed by atoms with Crippen molar-refractivity contribution < 1.29 is 0 Å². The van der Waals surface area contributed by atoms with Crippen LogP contribution in [0.5, 0.6) is 0 Å². The van der Waals surface area contributed by atoms with E-state index >= 15 is 0 Å². The highest BCUT2D eigenvalue weighted by Crippen LogP contribution is 2.27. The Balaban J connectivity index is 1.92. The summed E-state index contributed by atoms with van der Waals surface area (Å²) in [6.07, 6.45) is 4.15. The molecule has 2 heterocycles. The van der Waals surface area contributed by atoms with Crippen LogP contribution in [0.15, 0.2) is 10.9 Å². The van der Waals surface area contributed by atoms with Crippen molar-refractivity contribution in [1.82, 2.24) is 15.2 Å². The van der Waals surface area contributed by atoms with Gasteiger partial charge < -0.3 is 10.3 Å². The molecule has 2 aromatic heterocycles. The molecule has 2 aromatic rings. The number of anilines is 1. The Morgan fingerprint density at radius 2 is 2.30 bits per heavy atom. The highest BCUT2D eigenvalue weighted by atomic mass is 32.1. The monoisotopic (exact) mass is 290 g/mol. The molecule has 5 nitrogen and oxygen atoms in total. The minimum Gasteiger partial charge on any atom is -0.358 e. The van der Waals surface area contributed by atoms with Crippen molar-refractivity contribution in [2.75, 3.05) is 5.32 Å². The lowest BCUT2D eigenvalue weighted by Crippen LogP contribution is -2.12. The number of aryl methyl sites for hydroxylation is 2. The van der Waals surface area contributed by atoms with Gasteiger partial charge in [0.1, 0.15) is 0 Å². The van der Waals surface area contributed by atoms with Crippen molar-refractivity contribution in [3.8, 4) is 10.6 Å². The van der Waals surface area contributed by atoms with Crippen LogP contribution >= 0.6 is 11.3 Å². The summed E-state index contributed by atoms with van der Waals surface area (Å²) in [6, 6.07) is 2.34. The molecule has 0 saturated heterocycles. The molecule has 0 aromatic carbocycles. The summed E-state index contributed by atoms with van der Waals surface area (Å²) < 4.78 is 0. The molecular weight excluding hydrogens is 272 g/mol. The summed E-state index contributed by atoms with van der Waals surface area (Å²) in [5.74, 6) is 0. The Labute approximate surface area is 121 Å². The number of rotatable bonds is 4. The van der Waals surface area contributed by atoms with Crippen molar-refractivity contribution in [1.29, 1.82) is 0 Å². The smallest absolute Gasteiger partial charge is 0.258 e. The highest BCUT2D eigenvalue weighted by Gasteiger charge is 2.17. The second-order valence-corrected chi connectivity index (χ2v) is 6.21. The van der Waals surface area contributed by atoms with Crippen LogP contribution in [0.25, 0.3) is 10.6 Å². The molecule has 20 heavy (non-hydrogen) atoms. The summed E-state index contributed by atoms with van der Waals surface area (Å²) in [5, 5.41) is 13.0. The number of nitrogens with zero attached hydrogens (tertiary/aromatic N) is 2. The van der Waals surface area contributed by atoms with Crippen LogP contribution in [-0.4, -0.2) is 21.2 Å². The van der Waals surface area contributed by atoms with E-state index in [0.717, 1.165) is 36.5 Å². The Hall–Kier alpha value is -1.69. The summed E-state index contributed by atoms with van der Waals surface area (Å²) in [4.78, 5) is 15.1. The standard InChI is InChI=1S/C14H18N4OS/c1-3-8(2)15-14-18-17-13(20-14)10-7-9-5-4-6-11(9)16-12(10)19/h7-8H,3-6H2,1-2H3,(H,15,18)(H,16,19). The lowest BCUT2D eigenvalue weighted by Gasteiger charge is -2.07. The molecule has 0 amide bonds. The number of pyridine rings is 1. The molecular formula is C14H18N4OS. The second-order valence-electron chi connectivity index (χ2n) is 5.24. The van der Waals surface area contributed by atoms with Crippen LogP contribution in [-0.2, 0) is 12.8 Å². The first-order valence-electron chi connectivity index (χ1n) is 7.03. The molecule has 0 fully saturated rings. The van der Waals surface area contributed by atoms with Crippen molar-refractivity contribution in [3.63, 3.8) is 0 Å². The van der Waals surface area contributed by atoms with Gasteiger partial charge in [-0.05, 0) is 44.2 Å². The topological polar surface area (TPSA) is 70.7 Å². The molecule has 3 rings (SSSR count). The zero-order valence-corrected chi connectivity index (χ0v) is 12.5. The molecule has 0 aliphatic heterocycles. The Morgan fingerprint density at radius 1 is 1.45 bits per heavy atom. The normalized spacial score (nSPS) is 15.1. The fraction of sp³-hybridized carbons (Fsp3) is 0.500. The van der Waals surface area contributed by atoms with Gasteiger partial charge in [-0.2, -0.15) is 0 Å². The summed E-state index contributed by atoms with van der Waals surface area (Å²) in [5.41, 5.74) is 2.91. The molecule has 6 heteroatoms. The summed E-state index contributed by atoms with van der Waals surface area (Å²) >= 11 is 1.44. The summed E-state index contributed by atoms with van der Waals surface area (Å²) in [7, 11) is 0. The van der Waals surface area contributed by atoms with E-state index in [1.165, 1.54) is 16.9 Å². The van der Waals surface area contributed by atoms with E-state index in [1.807, 2.05) is 6.07 Å². The predicted molar refractivity (Wildman–Crippen MR) is 81.4 cm³/mol. The predicted octanol–water partition coefficient (Wildman–Crippen LogP) is 2.59. The fourth-order valence-corrected chi connectivity index (χ4v) is 3.24. The summed E-state index contributed by atoms with van der Waals surface area (Å²) in [6.45, 7) is 4.22. The first kappa shape index (κ1) is 13.3. The van der Waals surface area contributed by atoms with E-state index in [2.05, 4.69) is 34.3 Å². The van der Waals surface area contributed by atoms with Crippen LogP contribution in [0.2, 0.25) is 0 Å². The van der Waals surface area contributed by atoms with Crippen LogP contribution in [0, 0.1) is 0 Å². The van der Waals surface area contributed by atoms with Gasteiger partial charge in [0.2, 0.25) is 5.13 Å². The van der Waals surface area contributed by atoms with Crippen molar-refractivity contribution >= 4 is 16.5 Å². The van der Waals surface area contributed by atoms with Gasteiger partial charge in [0, 0.05) is 11.7 Å². The number of hydrogen-bond donors (Lipinski definition) is 2. The second kappa shape index (κ2) is 5.36. The average molecular weight is 290 g/mol. The maximum absolute atomic E-state index is 12.1. The number of fused-ring (bicyclic) bond motifs is 1. The Bertz CT molecular complexity index is 676. The van der Waals surface area contributed by atoms with Gasteiger partial charge in [-0.1, -0.05) is 18.3 Å². The number of H-pyrrole nitrogens is 1. The Kier molecular flexibility index (Phi) is 3.56. The average Bonchev–Trinajstić information content (AvgIpc) is 3.06. The molecule has 1 aliphatic carbocycles. The van der Waals surface area contributed by atoms with Crippen molar-refractivity contribution in [2.24, 2.45) is 0 Å². The van der Waals surface area contributed by atoms with Gasteiger partial charge in [0.05, 0.1) is 5.56 Å². The molecule has 0 radical (unpaired) electrons. The molecule has 0 spiro atoms. The lowest BCUT2D eigenvalue weighted by molar-refractivity contribution is 0.760. The molecule has 1 unspecified atom stereocenters. The number of aromatic amines is 1. The van der Waals surface area contributed by atoms with E-state index in [9.17, 15) is 4.79 Å². The molecule has 106 valence electrons. The lowest BCUT2D eigenvalue weighted by atomic mass is 10.1. The molecule has 0 bridgehead atoms. The third-order valence-electron chi connectivity index (χ3n) is 3.73. The molecule has 1 aliphatic rings. The zero-order chi connectivity index (χ0) is 14.1. The minimum absolute atomic E-state index is 0.0584. The van der Waals surface area contributed by atoms with Crippen molar-refractivity contribution in [2.45, 2.75) is 45.6 Å². The molecule has 2 N–H and O–H groups in total. The van der Waals surface area contributed by atoms with E-state index in [-0.39, 0.29) is 5.56 Å².